The standard InChI is InChI=1S/C18H19N7O3S2/c19-17-16(18(26)22-13-4-1-2-6-20-13)23-14(12-21-17)24-7-9-25(10-8-24)30(27,28)15-5-3-11-29-15/h1-6,11-12H,7-10H2,(H2,19,21)(H,20,22,26). The molecule has 0 aromatic carbocycles. The summed E-state index contributed by atoms with van der Waals surface area (Å²) in [5, 5.41) is 4.38. The zero-order valence-electron chi connectivity index (χ0n) is 15.8. The molecule has 1 aliphatic heterocycles. The number of hydrogen-bond acceptors (Lipinski definition) is 9. The Morgan fingerprint density at radius 1 is 1.10 bits per heavy atom. The number of nitrogens with zero attached hydrogens (tertiary/aromatic N) is 5. The molecule has 10 nitrogen and oxygen atoms in total. The topological polar surface area (TPSA) is 134 Å². The van der Waals surface area contributed by atoms with Crippen molar-refractivity contribution >= 4 is 44.7 Å². The number of carbonyl (C=O) groups excluding carboxylic acids is 1. The van der Waals surface area contributed by atoms with Gasteiger partial charge < -0.3 is 16.0 Å². The Kier molecular flexibility index (Phi) is 5.61. The number of pyridine rings is 1. The molecule has 0 aliphatic carbocycles. The summed E-state index contributed by atoms with van der Waals surface area (Å²) in [6.45, 7) is 1.46. The molecule has 0 bridgehead atoms. The average molecular weight is 446 g/mol. The zero-order chi connectivity index (χ0) is 21.1. The van der Waals surface area contributed by atoms with Gasteiger partial charge >= 0.3 is 0 Å². The van der Waals surface area contributed by atoms with Crippen molar-refractivity contribution in [1.82, 2.24) is 19.3 Å². The number of nitrogens with one attached hydrogen (secondary N) is 1. The van der Waals surface area contributed by atoms with Crippen molar-refractivity contribution in [1.29, 1.82) is 0 Å². The van der Waals surface area contributed by atoms with Gasteiger partial charge in [0.2, 0.25) is 0 Å². The molecule has 30 heavy (non-hydrogen) atoms. The normalized spacial score (nSPS) is 15.1. The third kappa shape index (κ3) is 4.10. The Morgan fingerprint density at radius 3 is 2.57 bits per heavy atom. The van der Waals surface area contributed by atoms with Crippen LogP contribution in [0.3, 0.4) is 0 Å². The van der Waals surface area contributed by atoms with Crippen LogP contribution in [0, 0.1) is 0 Å². The number of thiophene rings is 1. The number of piperazine rings is 1. The van der Waals surface area contributed by atoms with Gasteiger partial charge in [-0.15, -0.1) is 11.3 Å². The van der Waals surface area contributed by atoms with Crippen LogP contribution in [0.25, 0.3) is 0 Å². The van der Waals surface area contributed by atoms with Crippen LogP contribution in [-0.4, -0.2) is 59.8 Å². The molecule has 1 fully saturated rings. The molecule has 0 saturated carbocycles. The summed E-state index contributed by atoms with van der Waals surface area (Å²) in [5.41, 5.74) is 5.84. The van der Waals surface area contributed by atoms with E-state index in [0.717, 1.165) is 0 Å². The Balaban J connectivity index is 1.47. The maximum atomic E-state index is 12.7. The molecule has 3 N–H and O–H groups in total. The monoisotopic (exact) mass is 445 g/mol. The lowest BCUT2D eigenvalue weighted by Gasteiger charge is -2.34. The van der Waals surface area contributed by atoms with Crippen molar-refractivity contribution in [3.63, 3.8) is 0 Å². The number of carbonyl (C=O) groups is 1. The second-order valence-electron chi connectivity index (χ2n) is 6.45. The van der Waals surface area contributed by atoms with Gasteiger partial charge in [0.15, 0.2) is 11.5 Å². The first-order valence-corrected chi connectivity index (χ1v) is 11.4. The predicted molar refractivity (Wildman–Crippen MR) is 114 cm³/mol. The molecular formula is C18H19N7O3S2. The molecular weight excluding hydrogens is 426 g/mol. The van der Waals surface area contributed by atoms with Gasteiger partial charge in [-0.05, 0) is 23.6 Å². The van der Waals surface area contributed by atoms with Crippen LogP contribution in [0.5, 0.6) is 0 Å². The van der Waals surface area contributed by atoms with Crippen LogP contribution < -0.4 is 16.0 Å². The SMILES string of the molecule is Nc1ncc(N2CCN(S(=O)(=O)c3cccs3)CC2)nc1C(=O)Nc1ccccn1. The second-order valence-corrected chi connectivity index (χ2v) is 9.57. The quantitative estimate of drug-likeness (QED) is 0.600. The molecule has 1 saturated heterocycles. The first kappa shape index (κ1) is 20.2. The lowest BCUT2D eigenvalue weighted by atomic mass is 10.3. The van der Waals surface area contributed by atoms with Crippen LogP contribution >= 0.6 is 11.3 Å². The van der Waals surface area contributed by atoms with Gasteiger partial charge in [-0.1, -0.05) is 12.1 Å². The van der Waals surface area contributed by atoms with Crippen LogP contribution in [0.2, 0.25) is 0 Å². The molecule has 12 heteroatoms. The first-order valence-electron chi connectivity index (χ1n) is 9.08. The first-order chi connectivity index (χ1) is 14.4. The van der Waals surface area contributed by atoms with E-state index in [9.17, 15) is 13.2 Å². The molecule has 0 unspecified atom stereocenters. The summed E-state index contributed by atoms with van der Waals surface area (Å²) in [6, 6.07) is 8.46. The van der Waals surface area contributed by atoms with Gasteiger partial charge in [0.05, 0.1) is 6.20 Å². The molecule has 3 aromatic heterocycles. The molecule has 0 radical (unpaired) electrons. The van der Waals surface area contributed by atoms with Gasteiger partial charge in [-0.25, -0.2) is 23.4 Å². The number of rotatable bonds is 5. The number of amides is 1. The third-order valence-corrected chi connectivity index (χ3v) is 7.83. The highest BCUT2D eigenvalue weighted by Gasteiger charge is 2.30. The number of anilines is 3. The Hall–Kier alpha value is -3.09. The van der Waals surface area contributed by atoms with Crippen LogP contribution in [0.1, 0.15) is 10.5 Å². The van der Waals surface area contributed by atoms with E-state index in [1.54, 1.807) is 41.9 Å². The zero-order valence-corrected chi connectivity index (χ0v) is 17.4. The van der Waals surface area contributed by atoms with Crippen molar-refractivity contribution < 1.29 is 13.2 Å². The summed E-state index contributed by atoms with van der Waals surface area (Å²) in [5.74, 6) is 0.329. The highest BCUT2D eigenvalue weighted by molar-refractivity contribution is 7.91. The van der Waals surface area contributed by atoms with Crippen LogP contribution in [0.4, 0.5) is 17.5 Å². The van der Waals surface area contributed by atoms with E-state index < -0.39 is 15.9 Å². The fourth-order valence-electron chi connectivity index (χ4n) is 3.02. The Morgan fingerprint density at radius 2 is 1.90 bits per heavy atom. The highest BCUT2D eigenvalue weighted by Crippen LogP contribution is 2.23. The van der Waals surface area contributed by atoms with Crippen molar-refractivity contribution in [2.45, 2.75) is 4.21 Å². The number of sulfonamides is 1. The largest absolute Gasteiger partial charge is 0.382 e. The smallest absolute Gasteiger partial charge is 0.279 e. The minimum Gasteiger partial charge on any atom is -0.382 e. The molecule has 1 aliphatic rings. The number of nitrogen functional groups attached to an aromatic ring is 1. The van der Waals surface area contributed by atoms with Gasteiger partial charge in [0, 0.05) is 32.4 Å². The van der Waals surface area contributed by atoms with Gasteiger partial charge in [0.25, 0.3) is 15.9 Å². The maximum absolute atomic E-state index is 12.7. The minimum absolute atomic E-state index is 0.00564. The molecule has 4 rings (SSSR count). The van der Waals surface area contributed by atoms with E-state index in [2.05, 4.69) is 20.3 Å². The van der Waals surface area contributed by atoms with Crippen molar-refractivity contribution in [3.8, 4) is 0 Å². The van der Waals surface area contributed by atoms with Gasteiger partial charge in [-0.3, -0.25) is 4.79 Å². The fraction of sp³-hybridized carbons (Fsp3) is 0.222. The molecule has 3 aromatic rings. The van der Waals surface area contributed by atoms with E-state index in [4.69, 9.17) is 5.73 Å². The number of nitrogens with two attached hydrogens (primary N) is 1. The van der Waals surface area contributed by atoms with E-state index in [0.29, 0.717) is 42.0 Å². The van der Waals surface area contributed by atoms with E-state index in [-0.39, 0.29) is 11.5 Å². The maximum Gasteiger partial charge on any atom is 0.279 e. The van der Waals surface area contributed by atoms with Crippen LogP contribution in [0.15, 0.2) is 52.3 Å². The van der Waals surface area contributed by atoms with E-state index >= 15 is 0 Å². The van der Waals surface area contributed by atoms with Gasteiger partial charge in [0.1, 0.15) is 15.8 Å². The summed E-state index contributed by atoms with van der Waals surface area (Å²) < 4.78 is 27.1. The minimum atomic E-state index is -3.49. The molecule has 1 amide bonds. The Bertz CT molecular complexity index is 1130. The summed E-state index contributed by atoms with van der Waals surface area (Å²) in [6.07, 6.45) is 3.04. The number of hydrogen-bond donors (Lipinski definition) is 2. The molecule has 4 heterocycles. The summed E-state index contributed by atoms with van der Waals surface area (Å²) >= 11 is 1.20. The van der Waals surface area contributed by atoms with Crippen LogP contribution in [-0.2, 0) is 10.0 Å². The number of aromatic nitrogens is 3. The molecule has 156 valence electrons. The molecule has 0 spiro atoms. The lowest BCUT2D eigenvalue weighted by Crippen LogP contribution is -2.48. The molecule has 0 atom stereocenters. The predicted octanol–water partition coefficient (Wildman–Crippen LogP) is 1.28. The Labute approximate surface area is 177 Å². The third-order valence-electron chi connectivity index (χ3n) is 4.56. The average Bonchev–Trinajstić information content (AvgIpc) is 3.31. The van der Waals surface area contributed by atoms with Crippen molar-refractivity contribution in [2.75, 3.05) is 42.1 Å². The summed E-state index contributed by atoms with van der Waals surface area (Å²) in [7, 11) is -3.49. The summed E-state index contributed by atoms with van der Waals surface area (Å²) in [4.78, 5) is 26.9. The second kappa shape index (κ2) is 8.34. The van der Waals surface area contributed by atoms with E-state index in [1.165, 1.54) is 21.8 Å². The van der Waals surface area contributed by atoms with Crippen molar-refractivity contribution in [3.05, 3.63) is 53.8 Å². The van der Waals surface area contributed by atoms with E-state index in [1.807, 2.05) is 4.90 Å². The highest BCUT2D eigenvalue weighted by atomic mass is 32.2. The fourth-order valence-corrected chi connectivity index (χ4v) is 5.58. The van der Waals surface area contributed by atoms with Gasteiger partial charge in [-0.2, -0.15) is 4.31 Å². The van der Waals surface area contributed by atoms with Crippen molar-refractivity contribution in [2.24, 2.45) is 0 Å². The lowest BCUT2D eigenvalue weighted by molar-refractivity contribution is 0.102.